The van der Waals surface area contributed by atoms with Crippen LogP contribution in [0.3, 0.4) is 0 Å². The number of aromatic nitrogens is 2. The Morgan fingerprint density at radius 3 is 2.82 bits per heavy atom. The van der Waals surface area contributed by atoms with Gasteiger partial charge in [-0.05, 0) is 37.1 Å². The van der Waals surface area contributed by atoms with Crippen molar-refractivity contribution in [1.82, 2.24) is 15.0 Å². The van der Waals surface area contributed by atoms with Gasteiger partial charge in [0.25, 0.3) is 0 Å². The first-order valence-corrected chi connectivity index (χ1v) is 9.69. The molecule has 3 aromatic rings. The average Bonchev–Trinajstić information content (AvgIpc) is 3.20. The zero-order valence-electron chi connectivity index (χ0n) is 15.2. The van der Waals surface area contributed by atoms with Gasteiger partial charge in [-0.15, -0.1) is 5.06 Å². The van der Waals surface area contributed by atoms with E-state index in [1.165, 1.54) is 12.7 Å². The first-order valence-electron chi connectivity index (χ1n) is 9.31. The van der Waals surface area contributed by atoms with Gasteiger partial charge in [0.1, 0.15) is 17.8 Å². The van der Waals surface area contributed by atoms with Gasteiger partial charge in [-0.25, -0.2) is 9.97 Å². The zero-order chi connectivity index (χ0) is 18.9. The highest BCUT2D eigenvalue weighted by Crippen LogP contribution is 2.45. The van der Waals surface area contributed by atoms with Gasteiger partial charge in [-0.1, -0.05) is 24.1 Å². The molecule has 2 aliphatic heterocycles. The van der Waals surface area contributed by atoms with Crippen LogP contribution in [0.1, 0.15) is 19.3 Å². The fourth-order valence-electron chi connectivity index (χ4n) is 3.53. The van der Waals surface area contributed by atoms with Gasteiger partial charge in [0.2, 0.25) is 6.79 Å². The Morgan fingerprint density at radius 1 is 1.04 bits per heavy atom. The third-order valence-electron chi connectivity index (χ3n) is 4.90. The number of hydrogen-bond donors (Lipinski definition) is 1. The minimum absolute atomic E-state index is 0.165. The second-order valence-electron chi connectivity index (χ2n) is 6.73. The van der Waals surface area contributed by atoms with Gasteiger partial charge in [-0.3, -0.25) is 0 Å². The molecule has 0 bridgehead atoms. The molecule has 0 aliphatic carbocycles. The molecule has 1 fully saturated rings. The molecule has 5 rings (SSSR count). The van der Waals surface area contributed by atoms with E-state index in [0.29, 0.717) is 33.8 Å². The summed E-state index contributed by atoms with van der Waals surface area (Å²) in [4.78, 5) is 15.0. The third kappa shape index (κ3) is 3.16. The summed E-state index contributed by atoms with van der Waals surface area (Å²) in [6, 6.07) is 9.36. The summed E-state index contributed by atoms with van der Waals surface area (Å²) in [7, 11) is 0. The Hall–Kier alpha value is -2.77. The Labute approximate surface area is 167 Å². The zero-order valence-corrected chi connectivity index (χ0v) is 15.9. The van der Waals surface area contributed by atoms with Gasteiger partial charge < -0.3 is 19.6 Å². The summed E-state index contributed by atoms with van der Waals surface area (Å²) < 4.78 is 11.1. The molecule has 2 aromatic carbocycles. The number of hydroxylamine groups is 2. The molecule has 0 saturated carbocycles. The minimum Gasteiger partial charge on any atom is -0.454 e. The number of ether oxygens (including phenoxy) is 2. The van der Waals surface area contributed by atoms with Crippen molar-refractivity contribution in [2.45, 2.75) is 19.3 Å². The summed E-state index contributed by atoms with van der Waals surface area (Å²) >= 11 is 6.42. The van der Waals surface area contributed by atoms with Gasteiger partial charge in [0.05, 0.1) is 15.9 Å². The van der Waals surface area contributed by atoms with Gasteiger partial charge in [-0.2, -0.15) is 0 Å². The van der Waals surface area contributed by atoms with E-state index in [0.717, 1.165) is 36.8 Å². The number of anilines is 2. The Morgan fingerprint density at radius 2 is 1.93 bits per heavy atom. The average molecular weight is 399 g/mol. The van der Waals surface area contributed by atoms with Crippen LogP contribution in [-0.2, 0) is 0 Å². The van der Waals surface area contributed by atoms with Gasteiger partial charge >= 0.3 is 0 Å². The Kier molecular flexibility index (Phi) is 4.54. The number of rotatable bonds is 4. The molecule has 0 amide bonds. The minimum atomic E-state index is 0.165. The highest BCUT2D eigenvalue weighted by atomic mass is 35.5. The highest BCUT2D eigenvalue weighted by molar-refractivity contribution is 6.34. The number of fused-ring (bicyclic) bond motifs is 2. The lowest BCUT2D eigenvalue weighted by molar-refractivity contribution is -0.0706. The summed E-state index contributed by atoms with van der Waals surface area (Å²) in [5.41, 5.74) is 1.40. The molecule has 8 heteroatoms. The summed E-state index contributed by atoms with van der Waals surface area (Å²) in [5, 5.41) is 6.62. The molecule has 28 heavy (non-hydrogen) atoms. The second-order valence-corrected chi connectivity index (χ2v) is 7.14. The molecular formula is C20H19ClN4O3. The lowest BCUT2D eigenvalue weighted by atomic mass is 10.2. The van der Waals surface area contributed by atoms with Crippen LogP contribution in [0.2, 0.25) is 5.02 Å². The predicted octanol–water partition coefficient (Wildman–Crippen LogP) is 4.54. The SMILES string of the molecule is Clc1ccc2c(c1Nc1ncnc3cccc(ON4CCCCC4)c13)OCO2. The first-order chi connectivity index (χ1) is 13.8. The predicted molar refractivity (Wildman–Crippen MR) is 106 cm³/mol. The maximum absolute atomic E-state index is 6.42. The molecule has 0 spiro atoms. The topological polar surface area (TPSA) is 68.7 Å². The van der Waals surface area contributed by atoms with Crippen molar-refractivity contribution < 1.29 is 14.3 Å². The molecule has 0 unspecified atom stereocenters. The van der Waals surface area contributed by atoms with Crippen molar-refractivity contribution in [1.29, 1.82) is 0 Å². The van der Waals surface area contributed by atoms with Crippen molar-refractivity contribution in [3.05, 3.63) is 41.7 Å². The van der Waals surface area contributed by atoms with Gasteiger partial charge in [0.15, 0.2) is 17.2 Å². The van der Waals surface area contributed by atoms with E-state index in [1.807, 2.05) is 23.3 Å². The molecule has 7 nitrogen and oxygen atoms in total. The number of hydrogen-bond acceptors (Lipinski definition) is 7. The maximum atomic E-state index is 6.42. The molecule has 0 atom stereocenters. The van der Waals surface area contributed by atoms with Crippen molar-refractivity contribution in [3.63, 3.8) is 0 Å². The lowest BCUT2D eigenvalue weighted by Crippen LogP contribution is -2.32. The number of nitrogens with zero attached hydrogens (tertiary/aromatic N) is 3. The normalized spacial score (nSPS) is 16.3. The third-order valence-corrected chi connectivity index (χ3v) is 5.21. The van der Waals surface area contributed by atoms with Crippen LogP contribution in [0.15, 0.2) is 36.7 Å². The molecule has 144 valence electrons. The van der Waals surface area contributed by atoms with E-state index in [4.69, 9.17) is 25.9 Å². The molecule has 1 saturated heterocycles. The molecule has 1 N–H and O–H groups in total. The van der Waals surface area contributed by atoms with E-state index >= 15 is 0 Å². The number of nitrogens with one attached hydrogen (secondary N) is 1. The Bertz CT molecular complexity index is 1020. The van der Waals surface area contributed by atoms with Crippen LogP contribution < -0.4 is 19.6 Å². The van der Waals surface area contributed by atoms with Crippen LogP contribution >= 0.6 is 11.6 Å². The fraction of sp³-hybridized carbons (Fsp3) is 0.300. The van der Waals surface area contributed by atoms with E-state index in [-0.39, 0.29) is 6.79 Å². The monoisotopic (exact) mass is 398 g/mol. The fourth-order valence-corrected chi connectivity index (χ4v) is 3.72. The Balaban J connectivity index is 1.56. The van der Waals surface area contributed by atoms with Crippen molar-refractivity contribution in [3.8, 4) is 17.2 Å². The van der Waals surface area contributed by atoms with Crippen LogP contribution in [-0.4, -0.2) is 34.9 Å². The highest BCUT2D eigenvalue weighted by Gasteiger charge is 2.22. The molecule has 2 aliphatic rings. The van der Waals surface area contributed by atoms with Crippen molar-refractivity contribution >= 4 is 34.0 Å². The second kappa shape index (κ2) is 7.33. The lowest BCUT2D eigenvalue weighted by Gasteiger charge is -2.26. The van der Waals surface area contributed by atoms with E-state index in [9.17, 15) is 0 Å². The van der Waals surface area contributed by atoms with Crippen LogP contribution in [0.5, 0.6) is 17.2 Å². The summed E-state index contributed by atoms with van der Waals surface area (Å²) in [6.07, 6.45) is 5.03. The standard InChI is InChI=1S/C20H19ClN4O3/c21-13-7-8-16-19(27-12-26-16)18(13)24-20-17-14(22-11-23-20)5-4-6-15(17)28-25-9-2-1-3-10-25/h4-8,11H,1-3,9-10,12H2,(H,22,23,24). The van der Waals surface area contributed by atoms with Crippen molar-refractivity contribution in [2.24, 2.45) is 0 Å². The summed E-state index contributed by atoms with van der Waals surface area (Å²) in [5.74, 6) is 2.54. The van der Waals surface area contributed by atoms with Crippen LogP contribution in [0.25, 0.3) is 10.9 Å². The first kappa shape index (κ1) is 17.3. The summed E-state index contributed by atoms with van der Waals surface area (Å²) in [6.45, 7) is 1.99. The molecule has 1 aromatic heterocycles. The quantitative estimate of drug-likeness (QED) is 0.692. The maximum Gasteiger partial charge on any atom is 0.231 e. The van der Waals surface area contributed by atoms with Crippen molar-refractivity contribution in [2.75, 3.05) is 25.2 Å². The number of piperidine rings is 1. The molecular weight excluding hydrogens is 380 g/mol. The smallest absolute Gasteiger partial charge is 0.231 e. The van der Waals surface area contributed by atoms with E-state index in [2.05, 4.69) is 15.3 Å². The number of benzene rings is 2. The van der Waals surface area contributed by atoms with E-state index < -0.39 is 0 Å². The largest absolute Gasteiger partial charge is 0.454 e. The molecule has 0 radical (unpaired) electrons. The van der Waals surface area contributed by atoms with Gasteiger partial charge in [0, 0.05) is 13.1 Å². The molecule has 3 heterocycles. The van der Waals surface area contributed by atoms with E-state index in [1.54, 1.807) is 12.1 Å². The van der Waals surface area contributed by atoms with Crippen LogP contribution in [0.4, 0.5) is 11.5 Å². The van der Waals surface area contributed by atoms with Crippen LogP contribution in [0, 0.1) is 0 Å². The number of halogens is 1.